The Balaban J connectivity index is 2.25. The third-order valence-electron chi connectivity index (χ3n) is 5.15. The zero-order valence-corrected chi connectivity index (χ0v) is 13.8. The maximum Gasteiger partial charge on any atom is 0.123 e. The van der Waals surface area contributed by atoms with Crippen molar-refractivity contribution in [1.29, 1.82) is 0 Å². The quantitative estimate of drug-likeness (QED) is 0.461. The number of hydrogen-bond acceptors (Lipinski definition) is 3. The molecule has 1 aliphatic carbocycles. The van der Waals surface area contributed by atoms with Gasteiger partial charge < -0.3 is 10.8 Å². The minimum absolute atomic E-state index is 0.230. The molecule has 0 aliphatic heterocycles. The van der Waals surface area contributed by atoms with Crippen LogP contribution in [0.5, 0.6) is 0 Å². The van der Waals surface area contributed by atoms with Crippen LogP contribution in [0.4, 0.5) is 4.39 Å². The fraction of sp³-hybridized carbons (Fsp3) is 0.500. The van der Waals surface area contributed by atoms with E-state index < -0.39 is 5.60 Å². The number of halogens is 1. The molecule has 0 bridgehead atoms. The Morgan fingerprint density at radius 1 is 1.43 bits per heavy atom. The molecule has 0 radical (unpaired) electrons. The van der Waals surface area contributed by atoms with Crippen molar-refractivity contribution in [3.63, 3.8) is 0 Å². The van der Waals surface area contributed by atoms with Crippen LogP contribution in [-0.2, 0) is 5.60 Å². The number of benzene rings is 1. The Hall–Kier alpha value is -1.88. The molecule has 3 N–H and O–H groups in total. The van der Waals surface area contributed by atoms with E-state index in [0.717, 1.165) is 6.42 Å². The van der Waals surface area contributed by atoms with Crippen LogP contribution in [0, 0.1) is 23.6 Å². The largest absolute Gasteiger partial charge is 0.388 e. The molecule has 4 unspecified atom stereocenters. The van der Waals surface area contributed by atoms with Gasteiger partial charge in [0.1, 0.15) is 17.8 Å². The molecule has 0 amide bonds. The van der Waals surface area contributed by atoms with Crippen LogP contribution in [0.15, 0.2) is 42.1 Å². The van der Waals surface area contributed by atoms with Gasteiger partial charge in [-0.25, -0.2) is 4.39 Å². The Morgan fingerprint density at radius 3 is 2.57 bits per heavy atom. The van der Waals surface area contributed by atoms with Gasteiger partial charge in [-0.1, -0.05) is 32.6 Å². The molecule has 23 heavy (non-hydrogen) atoms. The fourth-order valence-electron chi connectivity index (χ4n) is 3.42. The summed E-state index contributed by atoms with van der Waals surface area (Å²) >= 11 is 0. The summed E-state index contributed by atoms with van der Waals surface area (Å²) in [5.41, 5.74) is 4.90. The summed E-state index contributed by atoms with van der Waals surface area (Å²) in [7, 11) is 0. The molecule has 4 atom stereocenters. The molecule has 0 heterocycles. The highest BCUT2D eigenvalue weighted by molar-refractivity contribution is 5.50. The van der Waals surface area contributed by atoms with Gasteiger partial charge in [-0.3, -0.25) is 5.01 Å². The predicted molar refractivity (Wildman–Crippen MR) is 90.9 cm³/mol. The normalized spacial score (nSPS) is 26.5. The van der Waals surface area contributed by atoms with Crippen molar-refractivity contribution in [2.24, 2.45) is 28.6 Å². The van der Waals surface area contributed by atoms with E-state index in [1.165, 1.54) is 29.7 Å². The molecule has 5 heteroatoms. The number of nitrogens with two attached hydrogens (primary N) is 1. The topological polar surface area (TPSA) is 61.8 Å². The van der Waals surface area contributed by atoms with Crippen LogP contribution in [0.1, 0.15) is 32.3 Å². The van der Waals surface area contributed by atoms with Gasteiger partial charge in [0.25, 0.3) is 0 Å². The van der Waals surface area contributed by atoms with Crippen LogP contribution in [0.3, 0.4) is 0 Å². The molecular formula is C18H26FN3O. The summed E-state index contributed by atoms with van der Waals surface area (Å²) in [6.07, 6.45) is 4.39. The SMILES string of the molecule is C=CN(CC(O)(CC1CC(C)C1C)c1ccc(F)cc1)/N=C\N. The summed E-state index contributed by atoms with van der Waals surface area (Å²) in [6.45, 7) is 8.37. The lowest BCUT2D eigenvalue weighted by molar-refractivity contribution is -0.0477. The molecule has 2 rings (SSSR count). The van der Waals surface area contributed by atoms with E-state index in [1.54, 1.807) is 12.1 Å². The molecular weight excluding hydrogens is 293 g/mol. The molecule has 1 aromatic carbocycles. The predicted octanol–water partition coefficient (Wildman–Crippen LogP) is 3.04. The lowest BCUT2D eigenvalue weighted by Crippen LogP contribution is -2.44. The van der Waals surface area contributed by atoms with Crippen LogP contribution in [0.2, 0.25) is 0 Å². The zero-order valence-electron chi connectivity index (χ0n) is 13.8. The van der Waals surface area contributed by atoms with Crippen LogP contribution in [-0.4, -0.2) is 23.0 Å². The first kappa shape index (κ1) is 17.5. The molecule has 4 nitrogen and oxygen atoms in total. The third-order valence-corrected chi connectivity index (χ3v) is 5.15. The van der Waals surface area contributed by atoms with E-state index in [2.05, 4.69) is 25.5 Å². The second-order valence-corrected chi connectivity index (χ2v) is 6.62. The van der Waals surface area contributed by atoms with Crippen molar-refractivity contribution in [3.8, 4) is 0 Å². The van der Waals surface area contributed by atoms with Gasteiger partial charge in [-0.2, -0.15) is 5.10 Å². The highest BCUT2D eigenvalue weighted by Gasteiger charge is 2.42. The highest BCUT2D eigenvalue weighted by atomic mass is 19.1. The van der Waals surface area contributed by atoms with Crippen LogP contribution >= 0.6 is 0 Å². The van der Waals surface area contributed by atoms with Gasteiger partial charge in [0, 0.05) is 6.20 Å². The Kier molecular flexibility index (Phi) is 5.42. The number of rotatable bonds is 7. The van der Waals surface area contributed by atoms with Gasteiger partial charge in [0.2, 0.25) is 0 Å². The van der Waals surface area contributed by atoms with Crippen molar-refractivity contribution < 1.29 is 9.50 Å². The maximum atomic E-state index is 13.2. The molecule has 126 valence electrons. The van der Waals surface area contributed by atoms with Gasteiger partial charge in [-0.05, 0) is 48.3 Å². The lowest BCUT2D eigenvalue weighted by atomic mass is 9.62. The summed E-state index contributed by atoms with van der Waals surface area (Å²) in [6, 6.07) is 6.01. The summed E-state index contributed by atoms with van der Waals surface area (Å²) in [5.74, 6) is 1.36. The lowest BCUT2D eigenvalue weighted by Gasteiger charge is -2.45. The van der Waals surface area contributed by atoms with E-state index in [1.807, 2.05) is 0 Å². The monoisotopic (exact) mass is 319 g/mol. The van der Waals surface area contributed by atoms with Gasteiger partial charge in [0.15, 0.2) is 0 Å². The smallest absolute Gasteiger partial charge is 0.123 e. The Morgan fingerprint density at radius 2 is 2.09 bits per heavy atom. The van der Waals surface area contributed by atoms with E-state index >= 15 is 0 Å². The maximum absolute atomic E-state index is 13.2. The fourth-order valence-corrected chi connectivity index (χ4v) is 3.42. The van der Waals surface area contributed by atoms with Crippen molar-refractivity contribution >= 4 is 6.34 Å². The first-order valence-corrected chi connectivity index (χ1v) is 8.01. The molecule has 0 spiro atoms. The zero-order chi connectivity index (χ0) is 17.0. The van der Waals surface area contributed by atoms with Crippen LogP contribution < -0.4 is 5.73 Å². The molecule has 1 aromatic rings. The minimum atomic E-state index is -1.13. The average molecular weight is 319 g/mol. The summed E-state index contributed by atoms with van der Waals surface area (Å²) in [5, 5.41) is 16.8. The van der Waals surface area contributed by atoms with Gasteiger partial charge >= 0.3 is 0 Å². The molecule has 1 aliphatic rings. The number of nitrogens with zero attached hydrogens (tertiary/aromatic N) is 2. The summed E-state index contributed by atoms with van der Waals surface area (Å²) in [4.78, 5) is 0. The molecule has 0 aromatic heterocycles. The van der Waals surface area contributed by atoms with Crippen molar-refractivity contribution in [3.05, 3.63) is 48.4 Å². The average Bonchev–Trinajstić information content (AvgIpc) is 2.54. The van der Waals surface area contributed by atoms with E-state index in [9.17, 15) is 9.50 Å². The number of hydrogen-bond donors (Lipinski definition) is 2. The number of hydrazone groups is 1. The second-order valence-electron chi connectivity index (χ2n) is 6.62. The third kappa shape index (κ3) is 3.91. The number of aliphatic hydroxyl groups is 1. The Labute approximate surface area is 137 Å². The van der Waals surface area contributed by atoms with E-state index in [0.29, 0.717) is 29.7 Å². The standard InChI is InChI=1S/C18H26FN3O/c1-4-22(21-12-20)11-18(23,10-15-9-13(2)14(15)3)16-5-7-17(19)8-6-16/h4-8,12-15,23H,1,9-11H2,2-3H3,(H2,20,21). The first-order valence-electron chi connectivity index (χ1n) is 8.01. The molecule has 1 saturated carbocycles. The minimum Gasteiger partial charge on any atom is -0.388 e. The molecule has 1 fully saturated rings. The molecule has 0 saturated heterocycles. The van der Waals surface area contributed by atoms with E-state index in [-0.39, 0.29) is 12.4 Å². The summed E-state index contributed by atoms with van der Waals surface area (Å²) < 4.78 is 13.2. The van der Waals surface area contributed by atoms with Gasteiger partial charge in [0.05, 0.1) is 6.54 Å². The highest BCUT2D eigenvalue weighted by Crippen LogP contribution is 2.46. The second kappa shape index (κ2) is 7.13. The van der Waals surface area contributed by atoms with Crippen molar-refractivity contribution in [2.45, 2.75) is 32.3 Å². The first-order chi connectivity index (χ1) is 10.9. The van der Waals surface area contributed by atoms with E-state index in [4.69, 9.17) is 5.73 Å². The Bertz CT molecular complexity index is 560. The van der Waals surface area contributed by atoms with Crippen molar-refractivity contribution in [2.75, 3.05) is 6.54 Å². The van der Waals surface area contributed by atoms with Crippen molar-refractivity contribution in [1.82, 2.24) is 5.01 Å². The van der Waals surface area contributed by atoms with Gasteiger partial charge in [-0.15, -0.1) is 0 Å². The van der Waals surface area contributed by atoms with Crippen LogP contribution in [0.25, 0.3) is 0 Å².